The minimum Gasteiger partial charge on any atom is -0.481 e. The average Bonchev–Trinajstić information content (AvgIpc) is 2.31. The maximum atomic E-state index is 10.1. The lowest BCUT2D eigenvalue weighted by Crippen LogP contribution is -1.97. The van der Waals surface area contributed by atoms with Crippen LogP contribution >= 0.6 is 0 Å². The average molecular weight is 155 g/mol. The van der Waals surface area contributed by atoms with Crippen LogP contribution in [0.2, 0.25) is 0 Å². The number of hydrogen-bond acceptors (Lipinski definition) is 3. The van der Waals surface area contributed by atoms with Crippen LogP contribution < -0.4 is 0 Å². The van der Waals surface area contributed by atoms with Crippen molar-refractivity contribution in [3.05, 3.63) is 17.8 Å². The summed E-state index contributed by atoms with van der Waals surface area (Å²) in [6.07, 6.45) is 2.01. The van der Waals surface area contributed by atoms with Gasteiger partial charge in [-0.15, -0.1) is 0 Å². The van der Waals surface area contributed by atoms with Crippen LogP contribution in [0.15, 0.2) is 10.6 Å². The number of aliphatic carboxylic acids is 1. The minimum absolute atomic E-state index is 0.0694. The van der Waals surface area contributed by atoms with Crippen LogP contribution in [0.1, 0.15) is 18.1 Å². The van der Waals surface area contributed by atoms with Crippen LogP contribution in [0.25, 0.3) is 0 Å². The zero-order chi connectivity index (χ0) is 8.27. The number of oxazole rings is 1. The van der Waals surface area contributed by atoms with Crippen LogP contribution in [0.4, 0.5) is 0 Å². The normalized spacial score (nSPS) is 9.91. The van der Waals surface area contributed by atoms with Gasteiger partial charge < -0.3 is 9.52 Å². The summed E-state index contributed by atoms with van der Waals surface area (Å²) in [6.45, 7) is 1.78. The second kappa shape index (κ2) is 3.18. The Bertz CT molecular complexity index is 254. The summed E-state index contributed by atoms with van der Waals surface area (Å²) in [4.78, 5) is 14.0. The van der Waals surface area contributed by atoms with Gasteiger partial charge in [-0.25, -0.2) is 4.98 Å². The quantitative estimate of drug-likeness (QED) is 0.707. The standard InChI is InChI=1S/C7H9NO3/c1-5-4-8-6(11-5)2-3-7(9)10/h4H,2-3H2,1H3,(H,9,10). The van der Waals surface area contributed by atoms with Crippen molar-refractivity contribution in [3.63, 3.8) is 0 Å². The van der Waals surface area contributed by atoms with E-state index in [4.69, 9.17) is 9.52 Å². The lowest BCUT2D eigenvalue weighted by atomic mass is 10.3. The number of rotatable bonds is 3. The predicted molar refractivity (Wildman–Crippen MR) is 37.2 cm³/mol. The zero-order valence-electron chi connectivity index (χ0n) is 6.20. The molecule has 1 aromatic rings. The number of nitrogens with zero attached hydrogens (tertiary/aromatic N) is 1. The number of aryl methyl sites for hydroxylation is 2. The molecule has 0 aromatic carbocycles. The molecule has 1 N–H and O–H groups in total. The first-order chi connectivity index (χ1) is 5.18. The molecule has 0 aliphatic rings. The Morgan fingerprint density at radius 2 is 2.55 bits per heavy atom. The number of carboxylic acid groups (broad SMARTS) is 1. The maximum Gasteiger partial charge on any atom is 0.303 e. The lowest BCUT2D eigenvalue weighted by molar-refractivity contribution is -0.137. The van der Waals surface area contributed by atoms with Crippen molar-refractivity contribution in [3.8, 4) is 0 Å². The summed E-state index contributed by atoms with van der Waals surface area (Å²) in [7, 11) is 0. The fourth-order valence-corrected chi connectivity index (χ4v) is 0.731. The van der Waals surface area contributed by atoms with Gasteiger partial charge in [0.1, 0.15) is 5.76 Å². The number of carboxylic acids is 1. The molecule has 0 aliphatic carbocycles. The van der Waals surface area contributed by atoms with Crippen molar-refractivity contribution in [2.75, 3.05) is 0 Å². The van der Waals surface area contributed by atoms with E-state index in [9.17, 15) is 4.79 Å². The molecule has 0 amide bonds. The van der Waals surface area contributed by atoms with Gasteiger partial charge in [0.2, 0.25) is 0 Å². The molecule has 0 aliphatic heterocycles. The van der Waals surface area contributed by atoms with Crippen molar-refractivity contribution >= 4 is 5.97 Å². The Kier molecular flexibility index (Phi) is 2.25. The molecule has 0 unspecified atom stereocenters. The number of hydrogen-bond donors (Lipinski definition) is 1. The van der Waals surface area contributed by atoms with E-state index < -0.39 is 5.97 Å². The molecule has 0 atom stereocenters. The first-order valence-electron chi connectivity index (χ1n) is 3.31. The van der Waals surface area contributed by atoms with Crippen LogP contribution in [-0.4, -0.2) is 16.1 Å². The molecule has 4 nitrogen and oxygen atoms in total. The Morgan fingerprint density at radius 3 is 3.00 bits per heavy atom. The summed E-state index contributed by atoms with van der Waals surface area (Å²) >= 11 is 0. The molecular weight excluding hydrogens is 146 g/mol. The van der Waals surface area contributed by atoms with Gasteiger partial charge in [-0.2, -0.15) is 0 Å². The first-order valence-corrected chi connectivity index (χ1v) is 3.31. The molecule has 1 heterocycles. The van der Waals surface area contributed by atoms with Gasteiger partial charge in [-0.1, -0.05) is 0 Å². The van der Waals surface area contributed by atoms with Crippen molar-refractivity contribution in [1.82, 2.24) is 4.98 Å². The van der Waals surface area contributed by atoms with Gasteiger partial charge in [0.25, 0.3) is 0 Å². The van der Waals surface area contributed by atoms with Crippen molar-refractivity contribution in [2.24, 2.45) is 0 Å². The second-order valence-electron chi connectivity index (χ2n) is 2.26. The van der Waals surface area contributed by atoms with Crippen molar-refractivity contribution in [2.45, 2.75) is 19.8 Å². The summed E-state index contributed by atoms with van der Waals surface area (Å²) < 4.78 is 5.06. The summed E-state index contributed by atoms with van der Waals surface area (Å²) in [5.41, 5.74) is 0. The van der Waals surface area contributed by atoms with E-state index in [1.54, 1.807) is 13.1 Å². The highest BCUT2D eigenvalue weighted by Gasteiger charge is 2.03. The molecule has 60 valence electrons. The van der Waals surface area contributed by atoms with Crippen LogP contribution in [-0.2, 0) is 11.2 Å². The van der Waals surface area contributed by atoms with E-state index in [2.05, 4.69) is 4.98 Å². The maximum absolute atomic E-state index is 10.1. The highest BCUT2D eigenvalue weighted by Crippen LogP contribution is 2.03. The summed E-state index contributed by atoms with van der Waals surface area (Å²) in [5.74, 6) is 0.371. The molecule has 0 fully saturated rings. The third kappa shape index (κ3) is 2.41. The highest BCUT2D eigenvalue weighted by atomic mass is 16.4. The first kappa shape index (κ1) is 7.78. The van der Waals surface area contributed by atoms with Crippen LogP contribution in [0.5, 0.6) is 0 Å². The molecule has 4 heteroatoms. The molecule has 0 radical (unpaired) electrons. The fourth-order valence-electron chi connectivity index (χ4n) is 0.731. The van der Waals surface area contributed by atoms with E-state index in [1.165, 1.54) is 0 Å². The largest absolute Gasteiger partial charge is 0.481 e. The lowest BCUT2D eigenvalue weighted by Gasteiger charge is -1.88. The summed E-state index contributed by atoms with van der Waals surface area (Å²) in [5, 5.41) is 8.31. The molecule has 0 saturated carbocycles. The molecule has 11 heavy (non-hydrogen) atoms. The van der Waals surface area contributed by atoms with Gasteiger partial charge >= 0.3 is 5.97 Å². The van der Waals surface area contributed by atoms with Gasteiger partial charge in [-0.3, -0.25) is 4.79 Å². The Hall–Kier alpha value is -1.32. The highest BCUT2D eigenvalue weighted by molar-refractivity contribution is 5.66. The molecule has 0 bridgehead atoms. The molecule has 0 saturated heterocycles. The number of carbonyl (C=O) groups is 1. The van der Waals surface area contributed by atoms with Crippen LogP contribution in [0.3, 0.4) is 0 Å². The Morgan fingerprint density at radius 1 is 1.82 bits per heavy atom. The van der Waals surface area contributed by atoms with Crippen LogP contribution in [0, 0.1) is 6.92 Å². The van der Waals surface area contributed by atoms with E-state index >= 15 is 0 Å². The molecule has 1 aromatic heterocycles. The van der Waals surface area contributed by atoms with E-state index in [-0.39, 0.29) is 6.42 Å². The Balaban J connectivity index is 2.45. The molecule has 1 rings (SSSR count). The van der Waals surface area contributed by atoms with Crippen molar-refractivity contribution in [1.29, 1.82) is 0 Å². The third-order valence-corrected chi connectivity index (χ3v) is 1.22. The van der Waals surface area contributed by atoms with E-state index in [0.29, 0.717) is 18.1 Å². The van der Waals surface area contributed by atoms with Gasteiger partial charge in [-0.05, 0) is 6.92 Å². The predicted octanol–water partition coefficient (Wildman–Crippen LogP) is 1.00. The smallest absolute Gasteiger partial charge is 0.303 e. The van der Waals surface area contributed by atoms with Crippen molar-refractivity contribution < 1.29 is 14.3 Å². The third-order valence-electron chi connectivity index (χ3n) is 1.22. The van der Waals surface area contributed by atoms with Gasteiger partial charge in [0.15, 0.2) is 5.89 Å². The fraction of sp³-hybridized carbons (Fsp3) is 0.429. The monoisotopic (exact) mass is 155 g/mol. The van der Waals surface area contributed by atoms with E-state index in [1.807, 2.05) is 0 Å². The molecular formula is C7H9NO3. The summed E-state index contributed by atoms with van der Waals surface area (Å²) in [6, 6.07) is 0. The Labute approximate surface area is 63.9 Å². The SMILES string of the molecule is Cc1cnc(CCC(=O)O)o1. The topological polar surface area (TPSA) is 63.3 Å². The second-order valence-corrected chi connectivity index (χ2v) is 2.26. The number of aromatic nitrogens is 1. The van der Waals surface area contributed by atoms with E-state index in [0.717, 1.165) is 0 Å². The van der Waals surface area contributed by atoms with Gasteiger partial charge in [0, 0.05) is 6.42 Å². The van der Waals surface area contributed by atoms with Gasteiger partial charge in [0.05, 0.1) is 12.6 Å². The minimum atomic E-state index is -0.833. The molecule has 0 spiro atoms. The zero-order valence-corrected chi connectivity index (χ0v) is 6.20.